The molecule has 0 unspecified atom stereocenters. The van der Waals surface area contributed by atoms with E-state index < -0.39 is 0 Å². The zero-order valence-electron chi connectivity index (χ0n) is 7.41. The second-order valence-corrected chi connectivity index (χ2v) is 3.06. The lowest BCUT2D eigenvalue weighted by Gasteiger charge is -2.08. The molecule has 0 saturated heterocycles. The fourth-order valence-electron chi connectivity index (χ4n) is 1.10. The molecule has 0 aromatic heterocycles. The van der Waals surface area contributed by atoms with Crippen molar-refractivity contribution in [3.63, 3.8) is 0 Å². The van der Waals surface area contributed by atoms with Crippen LogP contribution in [0.15, 0.2) is 23.2 Å². The van der Waals surface area contributed by atoms with Gasteiger partial charge >= 0.3 is 0 Å². The number of nitrogens with zero attached hydrogens (tertiary/aromatic N) is 1. The summed E-state index contributed by atoms with van der Waals surface area (Å²) in [5.74, 6) is 0.643. The molecule has 2 heteroatoms. The SMILES string of the molecule is C=Nc1ccc(O)c(C(C)C)c1. The first-order chi connectivity index (χ1) is 5.65. The molecule has 0 aliphatic carbocycles. The molecule has 0 atom stereocenters. The molecular weight excluding hydrogens is 150 g/mol. The molecule has 1 rings (SSSR count). The number of aromatic hydroxyl groups is 1. The molecule has 2 nitrogen and oxygen atoms in total. The first-order valence-electron chi connectivity index (χ1n) is 3.94. The van der Waals surface area contributed by atoms with Crippen molar-refractivity contribution < 1.29 is 5.11 Å². The molecule has 1 N–H and O–H groups in total. The van der Waals surface area contributed by atoms with E-state index in [0.29, 0.717) is 11.7 Å². The third kappa shape index (κ3) is 1.64. The van der Waals surface area contributed by atoms with E-state index in [1.54, 1.807) is 12.1 Å². The Kier molecular flexibility index (Phi) is 2.48. The van der Waals surface area contributed by atoms with Crippen LogP contribution in [-0.2, 0) is 0 Å². The Morgan fingerprint density at radius 1 is 1.42 bits per heavy atom. The highest BCUT2D eigenvalue weighted by Gasteiger charge is 2.05. The van der Waals surface area contributed by atoms with Crippen LogP contribution >= 0.6 is 0 Å². The second kappa shape index (κ2) is 3.39. The number of hydrogen-bond donors (Lipinski definition) is 1. The highest BCUT2D eigenvalue weighted by atomic mass is 16.3. The third-order valence-corrected chi connectivity index (χ3v) is 1.82. The summed E-state index contributed by atoms with van der Waals surface area (Å²) in [6, 6.07) is 5.25. The maximum absolute atomic E-state index is 9.44. The molecule has 0 spiro atoms. The zero-order chi connectivity index (χ0) is 9.14. The molecule has 0 radical (unpaired) electrons. The van der Waals surface area contributed by atoms with Gasteiger partial charge in [-0.1, -0.05) is 13.8 Å². The molecular formula is C10H13NO. The van der Waals surface area contributed by atoms with Crippen molar-refractivity contribution in [1.82, 2.24) is 0 Å². The summed E-state index contributed by atoms with van der Waals surface area (Å²) in [6.07, 6.45) is 0. The summed E-state index contributed by atoms with van der Waals surface area (Å²) in [7, 11) is 0. The first-order valence-corrected chi connectivity index (χ1v) is 3.94. The fourth-order valence-corrected chi connectivity index (χ4v) is 1.10. The first kappa shape index (κ1) is 8.78. The van der Waals surface area contributed by atoms with Gasteiger partial charge in [0, 0.05) is 0 Å². The normalized spacial score (nSPS) is 10.2. The maximum atomic E-state index is 9.44. The number of hydrogen-bond acceptors (Lipinski definition) is 2. The lowest BCUT2D eigenvalue weighted by atomic mass is 10.0. The quantitative estimate of drug-likeness (QED) is 0.668. The van der Waals surface area contributed by atoms with E-state index in [9.17, 15) is 5.11 Å². The summed E-state index contributed by atoms with van der Waals surface area (Å²) in [6.45, 7) is 7.49. The van der Waals surface area contributed by atoms with Crippen molar-refractivity contribution in [3.8, 4) is 5.75 Å². The molecule has 1 aromatic carbocycles. The van der Waals surface area contributed by atoms with Gasteiger partial charge in [0.15, 0.2) is 0 Å². The third-order valence-electron chi connectivity index (χ3n) is 1.82. The van der Waals surface area contributed by atoms with E-state index in [1.807, 2.05) is 19.9 Å². The Balaban J connectivity index is 3.16. The Labute approximate surface area is 72.6 Å². The van der Waals surface area contributed by atoms with E-state index in [1.165, 1.54) is 0 Å². The van der Waals surface area contributed by atoms with Gasteiger partial charge in [-0.2, -0.15) is 0 Å². The molecule has 12 heavy (non-hydrogen) atoms. The van der Waals surface area contributed by atoms with E-state index in [0.717, 1.165) is 11.3 Å². The van der Waals surface area contributed by atoms with Crippen LogP contribution in [0.3, 0.4) is 0 Å². The molecule has 0 heterocycles. The van der Waals surface area contributed by atoms with Crippen molar-refractivity contribution in [2.24, 2.45) is 4.99 Å². The molecule has 0 aliphatic rings. The van der Waals surface area contributed by atoms with Crippen molar-refractivity contribution in [2.75, 3.05) is 0 Å². The highest BCUT2D eigenvalue weighted by molar-refractivity contribution is 5.51. The average molecular weight is 163 g/mol. The van der Waals surface area contributed by atoms with Gasteiger partial charge in [0.25, 0.3) is 0 Å². The van der Waals surface area contributed by atoms with Crippen LogP contribution in [0.4, 0.5) is 5.69 Å². The molecule has 0 amide bonds. The van der Waals surface area contributed by atoms with Crippen LogP contribution in [0, 0.1) is 0 Å². The molecule has 0 aliphatic heterocycles. The fraction of sp³-hybridized carbons (Fsp3) is 0.300. The lowest BCUT2D eigenvalue weighted by Crippen LogP contribution is -1.86. The van der Waals surface area contributed by atoms with Crippen LogP contribution in [0.1, 0.15) is 25.3 Å². The number of phenolic OH excluding ortho intramolecular Hbond substituents is 1. The largest absolute Gasteiger partial charge is 0.508 e. The monoisotopic (exact) mass is 163 g/mol. The molecule has 0 bridgehead atoms. The maximum Gasteiger partial charge on any atom is 0.119 e. The minimum atomic E-state index is 0.312. The van der Waals surface area contributed by atoms with Gasteiger partial charge in [-0.3, -0.25) is 4.99 Å². The zero-order valence-corrected chi connectivity index (χ0v) is 7.41. The molecule has 0 saturated carbocycles. The minimum Gasteiger partial charge on any atom is -0.508 e. The summed E-state index contributed by atoms with van der Waals surface area (Å²) < 4.78 is 0. The van der Waals surface area contributed by atoms with Crippen molar-refractivity contribution >= 4 is 12.4 Å². The van der Waals surface area contributed by atoms with E-state index in [4.69, 9.17) is 0 Å². The summed E-state index contributed by atoms with van der Waals surface area (Å²) in [4.78, 5) is 3.79. The van der Waals surface area contributed by atoms with Crippen LogP contribution in [0.2, 0.25) is 0 Å². The Bertz CT molecular complexity index is 292. The van der Waals surface area contributed by atoms with Gasteiger partial charge in [-0.15, -0.1) is 0 Å². The predicted molar refractivity (Wildman–Crippen MR) is 51.4 cm³/mol. The molecule has 64 valence electrons. The second-order valence-electron chi connectivity index (χ2n) is 3.06. The molecule has 0 fully saturated rings. The van der Waals surface area contributed by atoms with E-state index in [2.05, 4.69) is 11.7 Å². The van der Waals surface area contributed by atoms with E-state index in [-0.39, 0.29) is 0 Å². The van der Waals surface area contributed by atoms with Gasteiger partial charge in [0.1, 0.15) is 5.75 Å². The number of rotatable bonds is 2. The van der Waals surface area contributed by atoms with Crippen LogP contribution < -0.4 is 0 Å². The van der Waals surface area contributed by atoms with Crippen molar-refractivity contribution in [3.05, 3.63) is 23.8 Å². The van der Waals surface area contributed by atoms with Crippen LogP contribution in [0.5, 0.6) is 5.75 Å². The Morgan fingerprint density at radius 3 is 2.58 bits per heavy atom. The van der Waals surface area contributed by atoms with Crippen LogP contribution in [0.25, 0.3) is 0 Å². The Morgan fingerprint density at radius 2 is 2.08 bits per heavy atom. The lowest BCUT2D eigenvalue weighted by molar-refractivity contribution is 0.465. The highest BCUT2D eigenvalue weighted by Crippen LogP contribution is 2.28. The van der Waals surface area contributed by atoms with Gasteiger partial charge < -0.3 is 5.11 Å². The number of benzene rings is 1. The van der Waals surface area contributed by atoms with Crippen LogP contribution in [-0.4, -0.2) is 11.8 Å². The van der Waals surface area contributed by atoms with E-state index >= 15 is 0 Å². The number of aliphatic imine (C=N–C) groups is 1. The average Bonchev–Trinajstić information content (AvgIpc) is 2.05. The predicted octanol–water partition coefficient (Wildman–Crippen LogP) is 2.85. The Hall–Kier alpha value is -1.31. The molecule has 1 aromatic rings. The minimum absolute atomic E-state index is 0.312. The van der Waals surface area contributed by atoms with Crippen molar-refractivity contribution in [2.45, 2.75) is 19.8 Å². The topological polar surface area (TPSA) is 32.6 Å². The van der Waals surface area contributed by atoms with Crippen molar-refractivity contribution in [1.29, 1.82) is 0 Å². The standard InChI is InChI=1S/C10H13NO/c1-7(2)9-6-8(11-3)4-5-10(9)12/h4-7,12H,3H2,1-2H3. The van der Waals surface area contributed by atoms with Gasteiger partial charge in [-0.05, 0) is 36.4 Å². The van der Waals surface area contributed by atoms with Gasteiger partial charge in [-0.25, -0.2) is 0 Å². The van der Waals surface area contributed by atoms with Gasteiger partial charge in [0.05, 0.1) is 5.69 Å². The summed E-state index contributed by atoms with van der Waals surface area (Å²) >= 11 is 0. The summed E-state index contributed by atoms with van der Waals surface area (Å²) in [5, 5.41) is 9.44. The van der Waals surface area contributed by atoms with Gasteiger partial charge in [0.2, 0.25) is 0 Å². The smallest absolute Gasteiger partial charge is 0.119 e. The number of phenols is 1. The summed E-state index contributed by atoms with van der Waals surface area (Å²) in [5.41, 5.74) is 1.72.